The summed E-state index contributed by atoms with van der Waals surface area (Å²) in [5.41, 5.74) is 4.02. The molecule has 0 aliphatic rings. The molecule has 0 fully saturated rings. The van der Waals surface area contributed by atoms with Gasteiger partial charge in [0.1, 0.15) is 11.6 Å². The lowest BCUT2D eigenvalue weighted by Gasteiger charge is -2.07. The molecule has 0 unspecified atom stereocenters. The van der Waals surface area contributed by atoms with E-state index in [4.69, 9.17) is 5.11 Å². The van der Waals surface area contributed by atoms with Gasteiger partial charge in [-0.2, -0.15) is 0 Å². The molecule has 0 saturated carbocycles. The van der Waals surface area contributed by atoms with Gasteiger partial charge < -0.3 is 20.5 Å². The van der Waals surface area contributed by atoms with E-state index in [1.54, 1.807) is 80.6 Å². The van der Waals surface area contributed by atoms with Crippen LogP contribution in [0.1, 0.15) is 43.0 Å². The number of esters is 1. The summed E-state index contributed by atoms with van der Waals surface area (Å²) in [6.45, 7) is 3.24. The van der Waals surface area contributed by atoms with E-state index in [-0.39, 0.29) is 23.4 Å². The first kappa shape index (κ1) is 33.6. The molecule has 0 aromatic heterocycles. The Labute approximate surface area is 258 Å². The summed E-state index contributed by atoms with van der Waals surface area (Å²) in [6, 6.07) is 22.0. The minimum Gasteiger partial charge on any atom is -0.478 e. The van der Waals surface area contributed by atoms with Crippen LogP contribution in [-0.2, 0) is 14.3 Å². The summed E-state index contributed by atoms with van der Waals surface area (Å²) in [7, 11) is 1.29. The lowest BCUT2D eigenvalue weighted by molar-refractivity contribution is -0.135. The molecule has 4 aromatic carbocycles. The van der Waals surface area contributed by atoms with Crippen LogP contribution in [0.2, 0.25) is 0 Å². The Hall–Kier alpha value is -5.90. The van der Waals surface area contributed by atoms with Gasteiger partial charge in [0.15, 0.2) is 0 Å². The Bertz CT molecular complexity index is 1780. The van der Waals surface area contributed by atoms with Crippen molar-refractivity contribution in [2.24, 2.45) is 0 Å². The quantitative estimate of drug-likeness (QED) is 0.145. The number of benzene rings is 4. The van der Waals surface area contributed by atoms with Crippen molar-refractivity contribution in [3.63, 3.8) is 0 Å². The Morgan fingerprint density at radius 1 is 0.667 bits per heavy atom. The third-order valence-corrected chi connectivity index (χ3v) is 6.16. The van der Waals surface area contributed by atoms with Crippen molar-refractivity contribution in [3.8, 4) is 0 Å². The summed E-state index contributed by atoms with van der Waals surface area (Å²) < 4.78 is 30.9. The van der Waals surface area contributed by atoms with Crippen molar-refractivity contribution < 1.29 is 37.8 Å². The first-order valence-corrected chi connectivity index (χ1v) is 13.5. The minimum atomic E-state index is -1.06. The maximum Gasteiger partial charge on any atom is 0.330 e. The number of aryl methyl sites for hydroxylation is 2. The zero-order valence-corrected chi connectivity index (χ0v) is 24.6. The lowest BCUT2D eigenvalue weighted by Crippen LogP contribution is -2.12. The third-order valence-electron chi connectivity index (χ3n) is 6.16. The fraction of sp³-hybridized carbons (Fsp3) is 0.0857. The molecule has 0 spiro atoms. The van der Waals surface area contributed by atoms with E-state index >= 15 is 0 Å². The van der Waals surface area contributed by atoms with Gasteiger partial charge in [-0.1, -0.05) is 24.3 Å². The van der Waals surface area contributed by atoms with Crippen LogP contribution in [-0.4, -0.2) is 36.0 Å². The molecule has 0 bridgehead atoms. The number of aliphatic carboxylic acids is 1. The monoisotopic (exact) mass is 612 g/mol. The van der Waals surface area contributed by atoms with Gasteiger partial charge in [-0.05, 0) is 109 Å². The van der Waals surface area contributed by atoms with Crippen LogP contribution >= 0.6 is 0 Å². The number of hydrogen-bond acceptors (Lipinski definition) is 5. The fourth-order valence-electron chi connectivity index (χ4n) is 3.82. The van der Waals surface area contributed by atoms with Crippen molar-refractivity contribution in [3.05, 3.63) is 142 Å². The maximum atomic E-state index is 13.2. The number of ether oxygens (including phenoxy) is 1. The normalized spacial score (nSPS) is 10.6. The number of hydrogen-bond donors (Lipinski definition) is 3. The fourth-order valence-corrected chi connectivity index (χ4v) is 3.82. The standard InChI is InChI=1S/C18H16FNO3.C17H14FNO3/c1-12-10-15(7-8-16(12)19)20-18(22)14-5-3-4-13(11-14)6-9-17(21)23-2;1-11-9-14(6-7-15(11)18)19-17(22)13-4-2-3-12(10-13)5-8-16(20)21/h3-11H,1-2H3,(H,20,22);2-10H,1H3,(H,19,22)(H,20,21)/b9-6+;8-5+. The summed E-state index contributed by atoms with van der Waals surface area (Å²) in [5.74, 6) is -2.85. The van der Waals surface area contributed by atoms with Crippen molar-refractivity contribution >= 4 is 47.3 Å². The van der Waals surface area contributed by atoms with E-state index in [9.17, 15) is 28.0 Å². The Morgan fingerprint density at radius 2 is 1.11 bits per heavy atom. The van der Waals surface area contributed by atoms with Crippen molar-refractivity contribution in [2.45, 2.75) is 13.8 Å². The van der Waals surface area contributed by atoms with Crippen LogP contribution in [0.5, 0.6) is 0 Å². The number of carboxylic acids is 1. The molecular formula is C35H30F2N2O6. The number of nitrogens with one attached hydrogen (secondary N) is 2. The van der Waals surface area contributed by atoms with Gasteiger partial charge in [0.05, 0.1) is 7.11 Å². The second kappa shape index (κ2) is 16.1. The third kappa shape index (κ3) is 10.7. The molecule has 4 aromatic rings. The summed E-state index contributed by atoms with van der Waals surface area (Å²) >= 11 is 0. The minimum absolute atomic E-state index is 0.315. The first-order valence-electron chi connectivity index (χ1n) is 13.5. The van der Waals surface area contributed by atoms with Crippen molar-refractivity contribution in [1.82, 2.24) is 0 Å². The Kier molecular flexibility index (Phi) is 12.0. The molecule has 0 saturated heterocycles. The molecule has 0 heterocycles. The van der Waals surface area contributed by atoms with Crippen molar-refractivity contribution in [2.75, 3.05) is 17.7 Å². The number of carbonyl (C=O) groups is 4. The maximum absolute atomic E-state index is 13.2. The van der Waals surface area contributed by atoms with E-state index in [1.165, 1.54) is 43.5 Å². The molecule has 0 atom stereocenters. The molecule has 230 valence electrons. The molecule has 45 heavy (non-hydrogen) atoms. The smallest absolute Gasteiger partial charge is 0.330 e. The molecule has 4 rings (SSSR count). The van der Waals surface area contributed by atoms with Crippen molar-refractivity contribution in [1.29, 1.82) is 0 Å². The van der Waals surface area contributed by atoms with E-state index in [2.05, 4.69) is 15.4 Å². The van der Waals surface area contributed by atoms with Gasteiger partial charge in [-0.25, -0.2) is 18.4 Å². The highest BCUT2D eigenvalue weighted by molar-refractivity contribution is 6.05. The molecule has 0 aliphatic carbocycles. The van der Waals surface area contributed by atoms with E-state index in [1.807, 2.05) is 0 Å². The number of methoxy groups -OCH3 is 1. The summed E-state index contributed by atoms with van der Waals surface area (Å²) in [6.07, 6.45) is 5.24. The van der Waals surface area contributed by atoms with Crippen LogP contribution in [0.4, 0.5) is 20.2 Å². The van der Waals surface area contributed by atoms with Gasteiger partial charge in [0.2, 0.25) is 0 Å². The number of carboxylic acid groups (broad SMARTS) is 1. The topological polar surface area (TPSA) is 122 Å². The van der Waals surface area contributed by atoms with E-state index < -0.39 is 11.9 Å². The largest absolute Gasteiger partial charge is 0.478 e. The highest BCUT2D eigenvalue weighted by atomic mass is 19.1. The van der Waals surface area contributed by atoms with Gasteiger partial charge >= 0.3 is 11.9 Å². The Morgan fingerprint density at radius 3 is 1.51 bits per heavy atom. The molecule has 2 amide bonds. The molecule has 8 nitrogen and oxygen atoms in total. The number of halogens is 2. The Balaban J connectivity index is 0.000000246. The molecular weight excluding hydrogens is 582 g/mol. The van der Waals surface area contributed by atoms with Gasteiger partial charge in [-0.15, -0.1) is 0 Å². The van der Waals surface area contributed by atoms with E-state index in [0.29, 0.717) is 44.8 Å². The SMILES string of the molecule is COC(=O)/C=C/c1cccc(C(=O)Nc2ccc(F)c(C)c2)c1.Cc1cc(NC(=O)c2cccc(/C=C/C(=O)O)c2)ccc1F. The average Bonchev–Trinajstić information content (AvgIpc) is 3.03. The zero-order chi connectivity index (χ0) is 32.9. The van der Waals surface area contributed by atoms with Crippen LogP contribution in [0, 0.1) is 25.5 Å². The van der Waals surface area contributed by atoms with Crippen LogP contribution in [0.25, 0.3) is 12.2 Å². The molecule has 3 N–H and O–H groups in total. The first-order chi connectivity index (χ1) is 21.4. The number of anilines is 2. The molecule has 0 aliphatic heterocycles. The predicted octanol–water partition coefficient (Wildman–Crippen LogP) is 7.06. The van der Waals surface area contributed by atoms with Gasteiger partial charge in [-0.3, -0.25) is 9.59 Å². The average molecular weight is 613 g/mol. The summed E-state index contributed by atoms with van der Waals surface area (Å²) in [5, 5.41) is 14.0. The molecule has 0 radical (unpaired) electrons. The second-order valence-corrected chi connectivity index (χ2v) is 9.62. The van der Waals surface area contributed by atoms with Gasteiger partial charge in [0.25, 0.3) is 11.8 Å². The van der Waals surface area contributed by atoms with E-state index in [0.717, 1.165) is 6.08 Å². The van der Waals surface area contributed by atoms with Crippen LogP contribution in [0.15, 0.2) is 97.1 Å². The second-order valence-electron chi connectivity index (χ2n) is 9.62. The summed E-state index contributed by atoms with van der Waals surface area (Å²) in [4.78, 5) is 46.0. The highest BCUT2D eigenvalue weighted by Crippen LogP contribution is 2.17. The lowest BCUT2D eigenvalue weighted by atomic mass is 10.1. The van der Waals surface area contributed by atoms with Crippen LogP contribution in [0.3, 0.4) is 0 Å². The number of rotatable bonds is 8. The number of amides is 2. The predicted molar refractivity (Wildman–Crippen MR) is 169 cm³/mol. The highest BCUT2D eigenvalue weighted by Gasteiger charge is 2.09. The number of carbonyl (C=O) groups excluding carboxylic acids is 3. The van der Waals surface area contributed by atoms with Gasteiger partial charge in [0, 0.05) is 34.7 Å². The molecule has 10 heteroatoms. The zero-order valence-electron chi connectivity index (χ0n) is 24.6. The van der Waals surface area contributed by atoms with Crippen LogP contribution < -0.4 is 10.6 Å².